The van der Waals surface area contributed by atoms with Crippen molar-refractivity contribution >= 4 is 33.2 Å². The van der Waals surface area contributed by atoms with Gasteiger partial charge in [-0.15, -0.1) is 11.3 Å². The summed E-state index contributed by atoms with van der Waals surface area (Å²) < 4.78 is 6.26. The molecule has 7 heteroatoms. The van der Waals surface area contributed by atoms with Crippen LogP contribution in [0.5, 0.6) is 0 Å². The molecular weight excluding hydrogens is 376 g/mol. The van der Waals surface area contributed by atoms with E-state index in [4.69, 9.17) is 4.74 Å². The second-order valence-corrected chi connectivity index (χ2v) is 7.84. The Kier molecular flexibility index (Phi) is 11.3. The Morgan fingerprint density at radius 1 is 1.35 bits per heavy atom. The molecular formula is C16H29BrN4OS. The van der Waals surface area contributed by atoms with Crippen LogP contribution in [0.1, 0.15) is 18.2 Å². The van der Waals surface area contributed by atoms with Gasteiger partial charge in [0.2, 0.25) is 0 Å². The molecule has 0 saturated heterocycles. The number of guanidine groups is 1. The number of aliphatic imine (C=N–C) groups is 1. The van der Waals surface area contributed by atoms with Crippen molar-refractivity contribution in [1.29, 1.82) is 0 Å². The minimum absolute atomic E-state index is 0.795. The SMILES string of the molecule is CCNC(=NCCN(C)CCCOC)NCCc1ccc(Br)s1. The Morgan fingerprint density at radius 3 is 2.83 bits per heavy atom. The number of rotatable bonds is 11. The number of hydrogen-bond donors (Lipinski definition) is 2. The number of nitrogens with zero attached hydrogens (tertiary/aromatic N) is 2. The van der Waals surface area contributed by atoms with E-state index < -0.39 is 0 Å². The number of halogens is 1. The predicted molar refractivity (Wildman–Crippen MR) is 104 cm³/mol. The second-order valence-electron chi connectivity index (χ2n) is 5.29. The van der Waals surface area contributed by atoms with Crippen LogP contribution in [0.2, 0.25) is 0 Å². The van der Waals surface area contributed by atoms with Crippen LogP contribution in [0.3, 0.4) is 0 Å². The van der Waals surface area contributed by atoms with E-state index in [-0.39, 0.29) is 0 Å². The topological polar surface area (TPSA) is 48.9 Å². The Hall–Kier alpha value is -0.630. The maximum atomic E-state index is 5.07. The first kappa shape index (κ1) is 20.4. The first-order valence-electron chi connectivity index (χ1n) is 8.09. The summed E-state index contributed by atoms with van der Waals surface area (Å²) in [7, 11) is 3.87. The van der Waals surface area contributed by atoms with Gasteiger partial charge < -0.3 is 20.3 Å². The molecule has 1 aromatic rings. The quantitative estimate of drug-likeness (QED) is 0.338. The largest absolute Gasteiger partial charge is 0.385 e. The molecule has 1 heterocycles. The van der Waals surface area contributed by atoms with Crippen molar-refractivity contribution in [2.75, 3.05) is 53.5 Å². The molecule has 0 aliphatic rings. The van der Waals surface area contributed by atoms with E-state index in [0.29, 0.717) is 0 Å². The normalized spacial score (nSPS) is 12.0. The molecule has 5 nitrogen and oxygen atoms in total. The van der Waals surface area contributed by atoms with E-state index in [0.717, 1.165) is 58.1 Å². The summed E-state index contributed by atoms with van der Waals surface area (Å²) in [6.07, 6.45) is 2.07. The smallest absolute Gasteiger partial charge is 0.191 e. The Morgan fingerprint density at radius 2 is 2.17 bits per heavy atom. The molecule has 0 aromatic carbocycles. The van der Waals surface area contributed by atoms with Crippen molar-refractivity contribution < 1.29 is 4.74 Å². The van der Waals surface area contributed by atoms with Crippen molar-refractivity contribution in [2.24, 2.45) is 4.99 Å². The summed E-state index contributed by atoms with van der Waals surface area (Å²) in [5, 5.41) is 6.69. The molecule has 0 fully saturated rings. The number of methoxy groups -OCH3 is 1. The third-order valence-electron chi connectivity index (χ3n) is 3.28. The molecule has 0 amide bonds. The maximum absolute atomic E-state index is 5.07. The van der Waals surface area contributed by atoms with Crippen LogP contribution in [0.25, 0.3) is 0 Å². The van der Waals surface area contributed by atoms with Crippen molar-refractivity contribution in [2.45, 2.75) is 19.8 Å². The summed E-state index contributed by atoms with van der Waals surface area (Å²) in [4.78, 5) is 8.29. The van der Waals surface area contributed by atoms with Crippen molar-refractivity contribution in [3.63, 3.8) is 0 Å². The molecule has 0 saturated carbocycles. The van der Waals surface area contributed by atoms with Crippen molar-refractivity contribution in [1.82, 2.24) is 15.5 Å². The van der Waals surface area contributed by atoms with Crippen LogP contribution >= 0.6 is 27.3 Å². The average molecular weight is 405 g/mol. The van der Waals surface area contributed by atoms with E-state index in [1.807, 2.05) is 0 Å². The summed E-state index contributed by atoms with van der Waals surface area (Å²) in [6.45, 7) is 7.46. The van der Waals surface area contributed by atoms with Gasteiger partial charge in [-0.3, -0.25) is 4.99 Å². The van der Waals surface area contributed by atoms with Gasteiger partial charge in [0.25, 0.3) is 0 Å². The summed E-state index contributed by atoms with van der Waals surface area (Å²) in [5.41, 5.74) is 0. The average Bonchev–Trinajstić information content (AvgIpc) is 2.93. The van der Waals surface area contributed by atoms with Gasteiger partial charge in [-0.05, 0) is 54.9 Å². The lowest BCUT2D eigenvalue weighted by molar-refractivity contribution is 0.180. The van der Waals surface area contributed by atoms with E-state index in [1.54, 1.807) is 18.4 Å². The zero-order valence-electron chi connectivity index (χ0n) is 14.4. The fourth-order valence-corrected chi connectivity index (χ4v) is 3.54. The van der Waals surface area contributed by atoms with Crippen LogP contribution < -0.4 is 10.6 Å². The second kappa shape index (κ2) is 12.8. The van der Waals surface area contributed by atoms with E-state index in [2.05, 4.69) is 62.6 Å². The highest BCUT2D eigenvalue weighted by Crippen LogP contribution is 2.21. The molecule has 23 heavy (non-hydrogen) atoms. The standard InChI is InChI=1S/C16H29BrN4OS/c1-4-18-16(19-9-8-14-6-7-15(17)23-14)20-10-12-21(2)11-5-13-22-3/h6-7H,4-5,8-13H2,1-3H3,(H2,18,19,20). The summed E-state index contributed by atoms with van der Waals surface area (Å²) >= 11 is 5.28. The van der Waals surface area contributed by atoms with Gasteiger partial charge in [0.15, 0.2) is 5.96 Å². The number of thiophene rings is 1. The fourth-order valence-electron chi connectivity index (χ4n) is 2.06. The van der Waals surface area contributed by atoms with E-state index >= 15 is 0 Å². The highest BCUT2D eigenvalue weighted by molar-refractivity contribution is 9.11. The molecule has 2 N–H and O–H groups in total. The van der Waals surface area contributed by atoms with Crippen molar-refractivity contribution in [3.05, 3.63) is 20.8 Å². The van der Waals surface area contributed by atoms with Crippen LogP contribution in [0.4, 0.5) is 0 Å². The van der Waals surface area contributed by atoms with Gasteiger partial charge in [-0.1, -0.05) is 0 Å². The fraction of sp³-hybridized carbons (Fsp3) is 0.688. The van der Waals surface area contributed by atoms with Crippen LogP contribution in [-0.2, 0) is 11.2 Å². The predicted octanol–water partition coefficient (Wildman–Crippen LogP) is 2.58. The maximum Gasteiger partial charge on any atom is 0.191 e. The first-order chi connectivity index (χ1) is 11.2. The molecule has 0 aliphatic heterocycles. The highest BCUT2D eigenvalue weighted by Gasteiger charge is 2.01. The van der Waals surface area contributed by atoms with Gasteiger partial charge in [0.05, 0.1) is 10.3 Å². The molecule has 132 valence electrons. The lowest BCUT2D eigenvalue weighted by Crippen LogP contribution is -2.38. The summed E-state index contributed by atoms with van der Waals surface area (Å²) in [6, 6.07) is 4.26. The summed E-state index contributed by atoms with van der Waals surface area (Å²) in [5.74, 6) is 0.897. The molecule has 1 rings (SSSR count). The minimum atomic E-state index is 0.795. The van der Waals surface area contributed by atoms with Crippen LogP contribution in [0, 0.1) is 0 Å². The van der Waals surface area contributed by atoms with Gasteiger partial charge in [0.1, 0.15) is 0 Å². The van der Waals surface area contributed by atoms with E-state index in [1.165, 1.54) is 8.66 Å². The van der Waals surface area contributed by atoms with Crippen molar-refractivity contribution in [3.8, 4) is 0 Å². The molecule has 0 bridgehead atoms. The van der Waals surface area contributed by atoms with E-state index in [9.17, 15) is 0 Å². The lowest BCUT2D eigenvalue weighted by Gasteiger charge is -2.16. The van der Waals surface area contributed by atoms with Gasteiger partial charge in [0, 0.05) is 44.8 Å². The zero-order chi connectivity index (χ0) is 16.9. The monoisotopic (exact) mass is 404 g/mol. The third kappa shape index (κ3) is 9.96. The molecule has 0 aliphatic carbocycles. The molecule has 0 radical (unpaired) electrons. The van der Waals surface area contributed by atoms with Crippen LogP contribution in [0.15, 0.2) is 20.9 Å². The van der Waals surface area contributed by atoms with Crippen LogP contribution in [-0.4, -0.2) is 64.3 Å². The number of ether oxygens (including phenoxy) is 1. The van der Waals surface area contributed by atoms with Gasteiger partial charge >= 0.3 is 0 Å². The molecule has 0 atom stereocenters. The van der Waals surface area contributed by atoms with Gasteiger partial charge in [-0.2, -0.15) is 0 Å². The number of nitrogens with one attached hydrogen (secondary N) is 2. The molecule has 0 spiro atoms. The lowest BCUT2D eigenvalue weighted by atomic mass is 10.3. The Balaban J connectivity index is 2.26. The zero-order valence-corrected chi connectivity index (χ0v) is 16.8. The minimum Gasteiger partial charge on any atom is -0.385 e. The molecule has 0 unspecified atom stereocenters. The number of likely N-dealkylation sites (N-methyl/N-ethyl adjacent to an activating group) is 1. The highest BCUT2D eigenvalue weighted by atomic mass is 79.9. The molecule has 1 aromatic heterocycles. The number of hydrogen-bond acceptors (Lipinski definition) is 4. The Bertz CT molecular complexity index is 453. The Labute approximate surface area is 152 Å². The van der Waals surface area contributed by atoms with Gasteiger partial charge in [-0.25, -0.2) is 0 Å². The third-order valence-corrected chi connectivity index (χ3v) is 4.96. The first-order valence-corrected chi connectivity index (χ1v) is 9.70.